The molecule has 1 unspecified atom stereocenters. The minimum absolute atomic E-state index is 0.0121. The second-order valence-corrected chi connectivity index (χ2v) is 6.47. The van der Waals surface area contributed by atoms with Gasteiger partial charge in [-0.05, 0) is 35.2 Å². The van der Waals surface area contributed by atoms with Gasteiger partial charge in [0.15, 0.2) is 0 Å². The number of ether oxygens (including phenoxy) is 1. The summed E-state index contributed by atoms with van der Waals surface area (Å²) in [4.78, 5) is 16.7. The van der Waals surface area contributed by atoms with Crippen molar-refractivity contribution in [3.8, 4) is 0 Å². The molecule has 8 heteroatoms. The molecule has 0 bridgehead atoms. The van der Waals surface area contributed by atoms with Crippen LogP contribution in [0.15, 0.2) is 53.6 Å². The molecule has 0 aliphatic carbocycles. The maximum absolute atomic E-state index is 13.8. The normalized spacial score (nSPS) is 19.1. The van der Waals surface area contributed by atoms with Gasteiger partial charge in [-0.1, -0.05) is 53.1 Å². The molecule has 134 valence electrons. The Hall–Kier alpha value is -2.76. The molecule has 0 radical (unpaired) electrons. The fourth-order valence-corrected chi connectivity index (χ4v) is 3.12. The highest BCUT2D eigenvalue weighted by Crippen LogP contribution is 2.37. The number of amides is 1. The molecular weight excluding hydrogens is 359 g/mol. The predicted octanol–water partition coefficient (Wildman–Crippen LogP) is 5.03. The first kappa shape index (κ1) is 18.0. The topological polar surface area (TPSA) is 78.3 Å². The molecule has 2 aromatic carbocycles. The van der Waals surface area contributed by atoms with E-state index in [1.165, 1.54) is 17.0 Å². The van der Waals surface area contributed by atoms with E-state index in [1.54, 1.807) is 6.07 Å². The van der Waals surface area contributed by atoms with Gasteiger partial charge in [-0.2, -0.15) is 0 Å². The molecule has 1 fully saturated rings. The lowest BCUT2D eigenvalue weighted by Crippen LogP contribution is -2.33. The lowest BCUT2D eigenvalue weighted by atomic mass is 9.90. The fourth-order valence-electron chi connectivity index (χ4n) is 3.01. The number of hydrogen-bond acceptors (Lipinski definition) is 3. The summed E-state index contributed by atoms with van der Waals surface area (Å²) in [5, 5.41) is 3.86. The first-order chi connectivity index (χ1) is 12.5. The van der Waals surface area contributed by atoms with E-state index in [0.717, 1.165) is 5.56 Å². The van der Waals surface area contributed by atoms with Crippen molar-refractivity contribution >= 4 is 17.7 Å². The van der Waals surface area contributed by atoms with Gasteiger partial charge in [0.05, 0.1) is 10.6 Å². The zero-order chi connectivity index (χ0) is 18.6. The van der Waals surface area contributed by atoms with Crippen molar-refractivity contribution in [1.82, 2.24) is 4.90 Å². The highest BCUT2D eigenvalue weighted by molar-refractivity contribution is 6.30. The van der Waals surface area contributed by atoms with Crippen LogP contribution in [0.3, 0.4) is 0 Å². The summed E-state index contributed by atoms with van der Waals surface area (Å²) in [7, 11) is 0. The van der Waals surface area contributed by atoms with E-state index in [4.69, 9.17) is 21.9 Å². The lowest BCUT2D eigenvalue weighted by molar-refractivity contribution is 0.102. The molecule has 2 aromatic rings. The Balaban J connectivity index is 1.73. The summed E-state index contributed by atoms with van der Waals surface area (Å²) < 4.78 is 19.2. The van der Waals surface area contributed by atoms with Crippen molar-refractivity contribution in [2.45, 2.75) is 18.6 Å². The number of carbonyl (C=O) groups is 1. The highest BCUT2D eigenvalue weighted by atomic mass is 35.5. The minimum atomic E-state index is -1.04. The van der Waals surface area contributed by atoms with Crippen LogP contribution in [-0.4, -0.2) is 24.1 Å². The molecule has 1 amide bonds. The Labute approximate surface area is 154 Å². The second kappa shape index (κ2) is 7.64. The number of nitrogens with zero attached hydrogens (tertiary/aromatic N) is 4. The molecule has 1 aliphatic rings. The SMILES string of the molecule is [N-]=[N+]=NC1(c2ccc(Cl)c(F)c2)CCN(C(=O)OCc2ccccc2)C1. The zero-order valence-corrected chi connectivity index (χ0v) is 14.6. The predicted molar refractivity (Wildman–Crippen MR) is 95.1 cm³/mol. The molecule has 1 aliphatic heterocycles. The van der Waals surface area contributed by atoms with Crippen LogP contribution >= 0.6 is 11.6 Å². The van der Waals surface area contributed by atoms with E-state index in [0.29, 0.717) is 18.5 Å². The number of likely N-dealkylation sites (tertiary alicyclic amines) is 1. The van der Waals surface area contributed by atoms with E-state index in [9.17, 15) is 9.18 Å². The van der Waals surface area contributed by atoms with Gasteiger partial charge in [0, 0.05) is 18.0 Å². The molecule has 1 atom stereocenters. The minimum Gasteiger partial charge on any atom is -0.445 e. The Morgan fingerprint density at radius 3 is 2.81 bits per heavy atom. The summed E-state index contributed by atoms with van der Waals surface area (Å²) in [5.74, 6) is -0.596. The average molecular weight is 375 g/mol. The molecule has 1 heterocycles. The van der Waals surface area contributed by atoms with Crippen molar-refractivity contribution < 1.29 is 13.9 Å². The fraction of sp³-hybridized carbons (Fsp3) is 0.278. The van der Waals surface area contributed by atoms with Gasteiger partial charge in [-0.15, -0.1) is 0 Å². The standard InChI is InChI=1S/C18H16ClFN4O2/c19-15-7-6-14(10-16(15)20)18(22-23-21)8-9-24(12-18)17(25)26-11-13-4-2-1-3-5-13/h1-7,10H,8-9,11-12H2. The Kier molecular flexibility index (Phi) is 5.30. The Bertz CT molecular complexity index is 858. The quantitative estimate of drug-likeness (QED) is 0.427. The maximum atomic E-state index is 13.8. The molecule has 6 nitrogen and oxygen atoms in total. The summed E-state index contributed by atoms with van der Waals surface area (Å²) in [5.41, 5.74) is 9.28. The molecule has 26 heavy (non-hydrogen) atoms. The van der Waals surface area contributed by atoms with Crippen LogP contribution in [0.5, 0.6) is 0 Å². The third kappa shape index (κ3) is 3.74. The van der Waals surface area contributed by atoms with Gasteiger partial charge in [0.2, 0.25) is 0 Å². The second-order valence-electron chi connectivity index (χ2n) is 6.06. The van der Waals surface area contributed by atoms with E-state index in [1.807, 2.05) is 30.3 Å². The van der Waals surface area contributed by atoms with Gasteiger partial charge in [-0.25, -0.2) is 9.18 Å². The molecule has 3 rings (SSSR count). The molecule has 1 saturated heterocycles. The third-order valence-electron chi connectivity index (χ3n) is 4.40. The first-order valence-electron chi connectivity index (χ1n) is 8.01. The van der Waals surface area contributed by atoms with Crippen LogP contribution in [0.4, 0.5) is 9.18 Å². The zero-order valence-electron chi connectivity index (χ0n) is 13.8. The van der Waals surface area contributed by atoms with E-state index in [-0.39, 0.29) is 18.2 Å². The van der Waals surface area contributed by atoms with Crippen LogP contribution in [0.2, 0.25) is 5.02 Å². The van der Waals surface area contributed by atoms with Crippen molar-refractivity contribution in [2.24, 2.45) is 5.11 Å². The molecular formula is C18H16ClFN4O2. The summed E-state index contributed by atoms with van der Waals surface area (Å²) in [6, 6.07) is 13.6. The molecule has 0 spiro atoms. The van der Waals surface area contributed by atoms with Crippen LogP contribution in [0, 0.1) is 5.82 Å². The van der Waals surface area contributed by atoms with Crippen LogP contribution in [-0.2, 0) is 16.9 Å². The van der Waals surface area contributed by atoms with Crippen LogP contribution < -0.4 is 0 Å². The number of benzene rings is 2. The lowest BCUT2D eigenvalue weighted by Gasteiger charge is -2.24. The molecule has 0 N–H and O–H groups in total. The smallest absolute Gasteiger partial charge is 0.410 e. The average Bonchev–Trinajstić information content (AvgIpc) is 3.08. The van der Waals surface area contributed by atoms with E-state index in [2.05, 4.69) is 10.0 Å². The monoisotopic (exact) mass is 374 g/mol. The third-order valence-corrected chi connectivity index (χ3v) is 4.71. The number of halogens is 2. The van der Waals surface area contributed by atoms with Gasteiger partial charge < -0.3 is 9.64 Å². The van der Waals surface area contributed by atoms with Gasteiger partial charge >= 0.3 is 6.09 Å². The largest absolute Gasteiger partial charge is 0.445 e. The Morgan fingerprint density at radius 1 is 1.35 bits per heavy atom. The summed E-state index contributed by atoms with van der Waals surface area (Å²) >= 11 is 5.73. The van der Waals surface area contributed by atoms with Crippen LogP contribution in [0.1, 0.15) is 17.5 Å². The van der Waals surface area contributed by atoms with Crippen molar-refractivity contribution in [3.05, 3.63) is 80.9 Å². The van der Waals surface area contributed by atoms with Gasteiger partial charge in [-0.3, -0.25) is 0 Å². The van der Waals surface area contributed by atoms with Gasteiger partial charge in [0.25, 0.3) is 0 Å². The Morgan fingerprint density at radius 2 is 2.12 bits per heavy atom. The number of carbonyl (C=O) groups excluding carboxylic acids is 1. The summed E-state index contributed by atoms with van der Waals surface area (Å²) in [6.45, 7) is 0.614. The summed E-state index contributed by atoms with van der Waals surface area (Å²) in [6.07, 6.45) is -0.128. The highest BCUT2D eigenvalue weighted by Gasteiger charge is 2.42. The van der Waals surface area contributed by atoms with Crippen molar-refractivity contribution in [3.63, 3.8) is 0 Å². The van der Waals surface area contributed by atoms with Crippen molar-refractivity contribution in [1.29, 1.82) is 0 Å². The van der Waals surface area contributed by atoms with E-state index >= 15 is 0 Å². The number of hydrogen-bond donors (Lipinski definition) is 0. The maximum Gasteiger partial charge on any atom is 0.410 e. The van der Waals surface area contributed by atoms with Gasteiger partial charge in [0.1, 0.15) is 12.4 Å². The molecule has 0 saturated carbocycles. The van der Waals surface area contributed by atoms with Crippen LogP contribution in [0.25, 0.3) is 10.4 Å². The number of azide groups is 1. The number of rotatable bonds is 4. The van der Waals surface area contributed by atoms with Crippen molar-refractivity contribution in [2.75, 3.05) is 13.1 Å². The first-order valence-corrected chi connectivity index (χ1v) is 8.39. The molecule has 0 aromatic heterocycles. The van der Waals surface area contributed by atoms with E-state index < -0.39 is 17.4 Å².